The molecule has 0 N–H and O–H groups in total. The molecule has 0 heterocycles. The number of alkyl halides is 2. The third-order valence-corrected chi connectivity index (χ3v) is 1.51. The molecule has 0 saturated carbocycles. The third-order valence-electron chi connectivity index (χ3n) is 0.789. The number of rotatable bonds is 4. The van der Waals surface area contributed by atoms with Gasteiger partial charge in [-0.2, -0.15) is 0 Å². The van der Waals surface area contributed by atoms with Crippen LogP contribution in [0.1, 0.15) is 6.92 Å². The molecule has 0 fully saturated rings. The van der Waals surface area contributed by atoms with E-state index < -0.39 is 0 Å². The second-order valence-electron chi connectivity index (χ2n) is 1.53. The third kappa shape index (κ3) is 7.27. The van der Waals surface area contributed by atoms with Gasteiger partial charge in [0.1, 0.15) is 0 Å². The highest BCUT2D eigenvalue weighted by molar-refractivity contribution is 14.2. The van der Waals surface area contributed by atoms with Gasteiger partial charge in [0.2, 0.25) is 0 Å². The summed E-state index contributed by atoms with van der Waals surface area (Å²) >= 11 is 4.60. The molecule has 4 heteroatoms. The molecule has 1 atom stereocenters. The largest absolute Gasteiger partial charge is 0.356 e. The van der Waals surface area contributed by atoms with Gasteiger partial charge in [0, 0.05) is 7.11 Å². The maximum Gasteiger partial charge on any atom is 0.154 e. The predicted octanol–water partition coefficient (Wildman–Crippen LogP) is 2.19. The van der Waals surface area contributed by atoms with Crippen molar-refractivity contribution in [1.29, 1.82) is 0 Å². The van der Waals surface area contributed by atoms with Crippen LogP contribution in [0.4, 0.5) is 0 Å². The van der Waals surface area contributed by atoms with Crippen LogP contribution in [0.3, 0.4) is 0 Å². The van der Waals surface area contributed by atoms with Gasteiger partial charge in [-0.25, -0.2) is 0 Å². The van der Waals surface area contributed by atoms with E-state index in [-0.39, 0.29) is 6.29 Å². The Hall–Kier alpha value is 1.38. The van der Waals surface area contributed by atoms with Crippen LogP contribution in [-0.4, -0.2) is 21.9 Å². The van der Waals surface area contributed by atoms with Crippen molar-refractivity contribution in [2.75, 3.05) is 13.7 Å². The van der Waals surface area contributed by atoms with Crippen molar-refractivity contribution in [3.63, 3.8) is 0 Å². The Kier molecular flexibility index (Phi) is 7.05. The molecule has 0 rings (SSSR count). The molecule has 0 bridgehead atoms. The normalized spacial score (nSPS) is 14.3. The summed E-state index contributed by atoms with van der Waals surface area (Å²) in [4.78, 5) is 0. The first-order chi connectivity index (χ1) is 4.16. The van der Waals surface area contributed by atoms with Crippen molar-refractivity contribution >= 4 is 45.2 Å². The van der Waals surface area contributed by atoms with Gasteiger partial charge in [0.15, 0.2) is 6.29 Å². The van der Waals surface area contributed by atoms with Gasteiger partial charge in [0.05, 0.1) is 8.54 Å². The number of ether oxygens (including phenoxy) is 2. The molecule has 0 aliphatic carbocycles. The molecule has 0 radical (unpaired) electrons. The molecule has 0 aliphatic rings. The maximum atomic E-state index is 5.22. The van der Waals surface area contributed by atoms with Gasteiger partial charge in [-0.15, -0.1) is 0 Å². The highest BCUT2D eigenvalue weighted by atomic mass is 127. The standard InChI is InChI=1S/C5H10I2O2/c1-4(8-2)9-3-5(6)7/h4-5H,3H2,1-2H3. The molecule has 0 aliphatic heterocycles. The summed E-state index contributed by atoms with van der Waals surface area (Å²) in [5.41, 5.74) is 0. The van der Waals surface area contributed by atoms with Crippen LogP contribution in [-0.2, 0) is 9.47 Å². The van der Waals surface area contributed by atoms with Crippen molar-refractivity contribution < 1.29 is 9.47 Å². The quantitative estimate of drug-likeness (QED) is 0.437. The summed E-state index contributed by atoms with van der Waals surface area (Å²) in [5, 5.41) is 0. The molecule has 9 heavy (non-hydrogen) atoms. The summed E-state index contributed by atoms with van der Waals surface area (Å²) in [6, 6.07) is 0. The van der Waals surface area contributed by atoms with Crippen LogP contribution in [0.5, 0.6) is 0 Å². The van der Waals surface area contributed by atoms with E-state index >= 15 is 0 Å². The number of hydrogen-bond donors (Lipinski definition) is 0. The fraction of sp³-hybridized carbons (Fsp3) is 1.00. The van der Waals surface area contributed by atoms with E-state index in [4.69, 9.17) is 9.47 Å². The lowest BCUT2D eigenvalue weighted by Gasteiger charge is -2.10. The molecule has 0 spiro atoms. The summed E-state index contributed by atoms with van der Waals surface area (Å²) in [6.45, 7) is 2.63. The smallest absolute Gasteiger partial charge is 0.154 e. The Balaban J connectivity index is 3.06. The minimum atomic E-state index is -0.0722. The summed E-state index contributed by atoms with van der Waals surface area (Å²) in [6.07, 6.45) is -0.0722. The van der Waals surface area contributed by atoms with Crippen LogP contribution < -0.4 is 0 Å². The topological polar surface area (TPSA) is 18.5 Å². The van der Waals surface area contributed by atoms with Crippen molar-refractivity contribution in [3.8, 4) is 0 Å². The lowest BCUT2D eigenvalue weighted by molar-refractivity contribution is -0.105. The Morgan fingerprint density at radius 3 is 2.33 bits per heavy atom. The number of halogens is 2. The summed E-state index contributed by atoms with van der Waals surface area (Å²) < 4.78 is 10.6. The fourth-order valence-corrected chi connectivity index (χ4v) is 0.692. The van der Waals surface area contributed by atoms with Crippen molar-refractivity contribution in [1.82, 2.24) is 0 Å². The lowest BCUT2D eigenvalue weighted by Crippen LogP contribution is -2.13. The van der Waals surface area contributed by atoms with Gasteiger partial charge in [-0.1, -0.05) is 45.2 Å². The SMILES string of the molecule is COC(C)OCC(I)I. The Bertz CT molecular complexity index is 68.0. The Morgan fingerprint density at radius 2 is 2.00 bits per heavy atom. The van der Waals surface area contributed by atoms with Gasteiger partial charge in [-0.05, 0) is 6.92 Å². The van der Waals surface area contributed by atoms with Crippen molar-refractivity contribution in [2.45, 2.75) is 15.1 Å². The van der Waals surface area contributed by atoms with Crippen LogP contribution >= 0.6 is 45.2 Å². The summed E-state index contributed by atoms with van der Waals surface area (Å²) in [5.74, 6) is 0. The average Bonchev–Trinajstić information content (AvgIpc) is 1.83. The van der Waals surface area contributed by atoms with Gasteiger partial charge < -0.3 is 9.47 Å². The molecule has 56 valence electrons. The monoisotopic (exact) mass is 356 g/mol. The van der Waals surface area contributed by atoms with E-state index in [2.05, 4.69) is 45.2 Å². The predicted molar refractivity (Wildman–Crippen MR) is 54.3 cm³/mol. The number of hydrogen-bond acceptors (Lipinski definition) is 2. The van der Waals surface area contributed by atoms with E-state index in [1.54, 1.807) is 7.11 Å². The maximum absolute atomic E-state index is 5.22. The van der Waals surface area contributed by atoms with E-state index in [1.807, 2.05) is 6.92 Å². The van der Waals surface area contributed by atoms with Crippen molar-refractivity contribution in [3.05, 3.63) is 0 Å². The Labute approximate surface area is 82.9 Å². The molecular weight excluding hydrogens is 346 g/mol. The van der Waals surface area contributed by atoms with Crippen LogP contribution in [0, 0.1) is 0 Å². The highest BCUT2D eigenvalue weighted by Gasteiger charge is 2.01. The van der Waals surface area contributed by atoms with Gasteiger partial charge in [-0.3, -0.25) is 0 Å². The van der Waals surface area contributed by atoms with Crippen LogP contribution in [0.25, 0.3) is 0 Å². The zero-order valence-electron chi connectivity index (χ0n) is 5.43. The lowest BCUT2D eigenvalue weighted by atomic mass is 10.7. The number of methoxy groups -OCH3 is 1. The van der Waals surface area contributed by atoms with E-state index in [1.165, 1.54) is 0 Å². The molecule has 0 saturated heterocycles. The Morgan fingerprint density at radius 1 is 1.44 bits per heavy atom. The second-order valence-corrected chi connectivity index (χ2v) is 6.92. The van der Waals surface area contributed by atoms with E-state index in [9.17, 15) is 0 Å². The average molecular weight is 356 g/mol. The molecule has 0 amide bonds. The first-order valence-corrected chi connectivity index (χ1v) is 5.08. The van der Waals surface area contributed by atoms with Crippen molar-refractivity contribution in [2.24, 2.45) is 0 Å². The molecular formula is C5H10I2O2. The van der Waals surface area contributed by atoms with Gasteiger partial charge in [0.25, 0.3) is 0 Å². The first-order valence-electron chi connectivity index (χ1n) is 2.59. The molecule has 0 aromatic heterocycles. The molecule has 0 aromatic carbocycles. The first kappa shape index (κ1) is 10.4. The van der Waals surface area contributed by atoms with E-state index in [0.29, 0.717) is 1.93 Å². The van der Waals surface area contributed by atoms with Crippen LogP contribution in [0.15, 0.2) is 0 Å². The highest BCUT2D eigenvalue weighted by Crippen LogP contribution is 2.10. The molecule has 2 nitrogen and oxygen atoms in total. The molecule has 0 aromatic rings. The zero-order valence-corrected chi connectivity index (χ0v) is 9.75. The molecule has 1 unspecified atom stereocenters. The van der Waals surface area contributed by atoms with Crippen LogP contribution in [0.2, 0.25) is 0 Å². The minimum absolute atomic E-state index is 0.0722. The minimum Gasteiger partial charge on any atom is -0.356 e. The summed E-state index contributed by atoms with van der Waals surface area (Å²) in [7, 11) is 1.64. The van der Waals surface area contributed by atoms with Gasteiger partial charge >= 0.3 is 0 Å². The van der Waals surface area contributed by atoms with E-state index in [0.717, 1.165) is 6.61 Å². The fourth-order valence-electron chi connectivity index (χ4n) is 0.276. The second kappa shape index (κ2) is 6.11. The zero-order chi connectivity index (χ0) is 7.28.